The first kappa shape index (κ1) is 12.2. The Morgan fingerprint density at radius 3 is 3.00 bits per heavy atom. The van der Waals surface area contributed by atoms with Crippen molar-refractivity contribution in [1.29, 1.82) is 0 Å². The van der Waals surface area contributed by atoms with E-state index in [9.17, 15) is 5.21 Å². The summed E-state index contributed by atoms with van der Waals surface area (Å²) < 4.78 is 5.22. The van der Waals surface area contributed by atoms with Crippen molar-refractivity contribution in [3.63, 3.8) is 0 Å². The molecule has 0 saturated carbocycles. The highest BCUT2D eigenvalue weighted by Gasteiger charge is 2.00. The monoisotopic (exact) mass is 224 g/mol. The minimum absolute atomic E-state index is 0.359. The minimum atomic E-state index is 0.359. The Morgan fingerprint density at radius 1 is 1.50 bits per heavy atom. The lowest BCUT2D eigenvalue weighted by molar-refractivity contribution is -0.528. The summed E-state index contributed by atoms with van der Waals surface area (Å²) in [5.74, 6) is 0.999. The molecule has 1 aromatic heterocycles. The summed E-state index contributed by atoms with van der Waals surface area (Å²) in [7, 11) is 0. The van der Waals surface area contributed by atoms with Gasteiger partial charge in [0.05, 0.1) is 11.8 Å². The van der Waals surface area contributed by atoms with Gasteiger partial charge < -0.3 is 9.94 Å². The molecule has 0 spiro atoms. The highest BCUT2D eigenvalue weighted by atomic mass is 16.5. The lowest BCUT2D eigenvalue weighted by atomic mass is 10.4. The van der Waals surface area contributed by atoms with Crippen LogP contribution in [-0.2, 0) is 0 Å². The third kappa shape index (κ3) is 4.12. The first-order valence-electron chi connectivity index (χ1n) is 5.27. The van der Waals surface area contributed by atoms with Crippen LogP contribution in [0.2, 0.25) is 0 Å². The molecule has 0 radical (unpaired) electrons. The quantitative estimate of drug-likeness (QED) is 0.456. The topological polar surface area (TPSA) is 72.6 Å². The first-order chi connectivity index (χ1) is 7.76. The molecule has 1 aromatic rings. The molecule has 1 N–H and O–H groups in total. The van der Waals surface area contributed by atoms with Crippen LogP contribution in [0.3, 0.4) is 0 Å². The second-order valence-electron chi connectivity index (χ2n) is 3.08. The second kappa shape index (κ2) is 6.60. The molecular formula is C10H16N4O2. The van der Waals surface area contributed by atoms with Crippen LogP contribution in [0.1, 0.15) is 20.3 Å². The van der Waals surface area contributed by atoms with Gasteiger partial charge in [0.15, 0.2) is 0 Å². The van der Waals surface area contributed by atoms with Crippen LogP contribution in [0, 0.1) is 5.21 Å². The lowest BCUT2D eigenvalue weighted by Crippen LogP contribution is -2.05. The molecule has 0 unspecified atom stereocenters. The van der Waals surface area contributed by atoms with Crippen molar-refractivity contribution in [3.05, 3.63) is 23.4 Å². The molecule has 0 aliphatic heterocycles. The van der Waals surface area contributed by atoms with Crippen molar-refractivity contribution in [3.8, 4) is 5.88 Å². The molecule has 88 valence electrons. The third-order valence-corrected chi connectivity index (χ3v) is 1.71. The van der Waals surface area contributed by atoms with E-state index in [1.807, 2.05) is 13.8 Å². The third-order valence-electron chi connectivity index (χ3n) is 1.71. The van der Waals surface area contributed by atoms with Gasteiger partial charge in [-0.05, 0) is 13.3 Å². The van der Waals surface area contributed by atoms with Gasteiger partial charge in [-0.25, -0.2) is 0 Å². The Morgan fingerprint density at radius 2 is 2.31 bits per heavy atom. The van der Waals surface area contributed by atoms with Crippen molar-refractivity contribution < 1.29 is 9.60 Å². The largest absolute Gasteiger partial charge is 0.696 e. The Kier molecular flexibility index (Phi) is 5.04. The van der Waals surface area contributed by atoms with Crippen LogP contribution >= 0.6 is 0 Å². The fourth-order valence-corrected chi connectivity index (χ4v) is 1.05. The number of aromatic nitrogens is 1. The first-order valence-corrected chi connectivity index (χ1v) is 5.27. The lowest BCUT2D eigenvalue weighted by Gasteiger charge is -2.04. The van der Waals surface area contributed by atoms with Crippen LogP contribution in [0.4, 0.5) is 5.82 Å². The maximum absolute atomic E-state index is 11.1. The van der Waals surface area contributed by atoms with Gasteiger partial charge in [0.1, 0.15) is 6.54 Å². The fourth-order valence-electron chi connectivity index (χ4n) is 1.05. The number of ether oxygens (including phenoxy) is 1. The molecule has 0 bridgehead atoms. The van der Waals surface area contributed by atoms with Crippen molar-refractivity contribution >= 4 is 5.82 Å². The van der Waals surface area contributed by atoms with Crippen molar-refractivity contribution in [2.45, 2.75) is 20.3 Å². The average Bonchev–Trinajstić information content (AvgIpc) is 2.28. The Hall–Kier alpha value is -1.85. The molecule has 6 nitrogen and oxygen atoms in total. The smallest absolute Gasteiger partial charge is 0.242 e. The van der Waals surface area contributed by atoms with E-state index in [1.54, 1.807) is 18.2 Å². The minimum Gasteiger partial charge on any atom is -0.696 e. The number of pyridine rings is 1. The van der Waals surface area contributed by atoms with Crippen LogP contribution in [0.25, 0.3) is 0 Å². The van der Waals surface area contributed by atoms with Gasteiger partial charge in [0.2, 0.25) is 11.7 Å². The Balaban J connectivity index is 2.59. The van der Waals surface area contributed by atoms with Crippen molar-refractivity contribution in [2.24, 2.45) is 5.22 Å². The molecule has 0 saturated heterocycles. The van der Waals surface area contributed by atoms with E-state index in [4.69, 9.17) is 4.74 Å². The Bertz CT molecular complexity index is 354. The number of hydrogen-bond acceptors (Lipinski definition) is 4. The van der Waals surface area contributed by atoms with Gasteiger partial charge in [0, 0.05) is 12.1 Å². The molecule has 1 heterocycles. The van der Waals surface area contributed by atoms with Gasteiger partial charge in [-0.1, -0.05) is 13.0 Å². The second-order valence-corrected chi connectivity index (χ2v) is 3.08. The summed E-state index contributed by atoms with van der Waals surface area (Å²) in [4.78, 5) is 4.69. The van der Waals surface area contributed by atoms with Gasteiger partial charge >= 0.3 is 0 Å². The van der Waals surface area contributed by atoms with E-state index >= 15 is 0 Å². The van der Waals surface area contributed by atoms with E-state index in [2.05, 4.69) is 15.6 Å². The number of hydroxylamine groups is 1. The predicted octanol–water partition coefficient (Wildman–Crippen LogP) is 2.18. The van der Waals surface area contributed by atoms with Gasteiger partial charge in [0.25, 0.3) is 0 Å². The normalized spacial score (nSPS) is 11.2. The number of hydrogen-bond donors (Lipinski definition) is 1. The molecule has 6 heteroatoms. The van der Waals surface area contributed by atoms with Gasteiger partial charge in [-0.3, -0.25) is 0 Å². The summed E-state index contributed by atoms with van der Waals surface area (Å²) in [6.07, 6.45) is 0.751. The van der Waals surface area contributed by atoms with E-state index in [1.165, 1.54) is 0 Å². The molecule has 0 aliphatic rings. The van der Waals surface area contributed by atoms with Crippen LogP contribution < -0.4 is 10.2 Å². The molecule has 1 rings (SSSR count). The number of nitrogens with zero attached hydrogens (tertiary/aromatic N) is 3. The maximum atomic E-state index is 11.1. The highest BCUT2D eigenvalue weighted by molar-refractivity contribution is 5.35. The van der Waals surface area contributed by atoms with Crippen LogP contribution in [0.5, 0.6) is 5.88 Å². The van der Waals surface area contributed by atoms with Crippen LogP contribution in [-0.4, -0.2) is 23.0 Å². The number of anilines is 1. The summed E-state index contributed by atoms with van der Waals surface area (Å²) >= 11 is 0. The standard InChI is InChI=1S/C10H16N4O2/c1-3-8-14(15)13-12-9-6-5-7-10(11-9)16-4-2/h5-7H,3-4,8H2,1-2H3,(H,11,12). The number of nitrogens with one attached hydrogen (secondary N) is 1. The summed E-state index contributed by atoms with van der Waals surface area (Å²) in [5.41, 5.74) is 2.58. The molecule has 0 aromatic carbocycles. The Labute approximate surface area is 94.5 Å². The average molecular weight is 224 g/mol. The van der Waals surface area contributed by atoms with Gasteiger partial charge in [-0.15, -0.1) is 5.43 Å². The highest BCUT2D eigenvalue weighted by Crippen LogP contribution is 2.11. The zero-order valence-corrected chi connectivity index (χ0v) is 9.51. The van der Waals surface area contributed by atoms with E-state index in [0.717, 1.165) is 6.42 Å². The fraction of sp³-hybridized carbons (Fsp3) is 0.500. The zero-order chi connectivity index (χ0) is 11.8. The molecule has 0 aliphatic carbocycles. The van der Waals surface area contributed by atoms with E-state index in [0.29, 0.717) is 29.7 Å². The molecule has 0 amide bonds. The van der Waals surface area contributed by atoms with Crippen molar-refractivity contribution in [2.75, 3.05) is 18.6 Å². The van der Waals surface area contributed by atoms with Crippen LogP contribution in [0.15, 0.2) is 23.4 Å². The van der Waals surface area contributed by atoms with Gasteiger partial charge in [-0.2, -0.15) is 9.84 Å². The number of rotatable bonds is 6. The van der Waals surface area contributed by atoms with E-state index < -0.39 is 0 Å². The SMILES string of the molecule is CCC[N+]([O-])=NNc1cccc(OCC)n1. The zero-order valence-electron chi connectivity index (χ0n) is 9.51. The summed E-state index contributed by atoms with van der Waals surface area (Å²) in [6, 6.07) is 5.24. The molecule has 0 fully saturated rings. The molecule has 0 atom stereocenters. The summed E-state index contributed by atoms with van der Waals surface area (Å²) in [5, 5.41) is 14.7. The summed E-state index contributed by atoms with van der Waals surface area (Å²) in [6.45, 7) is 4.70. The molecular weight excluding hydrogens is 208 g/mol. The van der Waals surface area contributed by atoms with E-state index in [-0.39, 0.29) is 0 Å². The van der Waals surface area contributed by atoms with Crippen molar-refractivity contribution in [1.82, 2.24) is 4.98 Å². The molecule has 16 heavy (non-hydrogen) atoms. The predicted molar refractivity (Wildman–Crippen MR) is 60.2 cm³/mol. The maximum Gasteiger partial charge on any atom is 0.242 e.